The molecule has 2 heteroatoms. The summed E-state index contributed by atoms with van der Waals surface area (Å²) in [5.41, 5.74) is 2.23. The predicted octanol–water partition coefficient (Wildman–Crippen LogP) is 8.82. The first-order chi connectivity index (χ1) is 14.8. The first-order valence-corrected chi connectivity index (χ1v) is 12.9. The van der Waals surface area contributed by atoms with E-state index in [1.54, 1.807) is 0 Å². The smallest absolute Gasteiger partial charge is 0.137 e. The standard InChI is InChI=1S/C28H40OS/c1-2-25-19-21-26(22-20-25)24-27(29)16-13-11-9-7-5-3-4-6-8-10-12-14-17-28-18-15-23-30-28/h2,15,18-23H,1,3-14,16-17,24H2. The Morgan fingerprint density at radius 3 is 1.87 bits per heavy atom. The highest BCUT2D eigenvalue weighted by molar-refractivity contribution is 7.09. The number of aryl methyl sites for hydroxylation is 1. The van der Waals surface area contributed by atoms with Gasteiger partial charge in [-0.25, -0.2) is 0 Å². The Morgan fingerprint density at radius 2 is 1.33 bits per heavy atom. The third kappa shape index (κ3) is 11.5. The number of hydrogen-bond donors (Lipinski definition) is 0. The Labute approximate surface area is 188 Å². The number of carbonyl (C=O) groups is 1. The molecule has 0 spiro atoms. The van der Waals surface area contributed by atoms with E-state index < -0.39 is 0 Å². The largest absolute Gasteiger partial charge is 0.299 e. The third-order valence-corrected chi connectivity index (χ3v) is 6.76. The molecule has 0 saturated heterocycles. The van der Waals surface area contributed by atoms with Gasteiger partial charge in [0.05, 0.1) is 0 Å². The highest BCUT2D eigenvalue weighted by Gasteiger charge is 2.04. The second-order valence-electron chi connectivity index (χ2n) is 8.48. The van der Waals surface area contributed by atoms with E-state index in [-0.39, 0.29) is 0 Å². The van der Waals surface area contributed by atoms with Crippen LogP contribution in [0.4, 0.5) is 0 Å². The Kier molecular flexibility index (Phi) is 13.2. The Morgan fingerprint density at radius 1 is 0.767 bits per heavy atom. The zero-order valence-corrected chi connectivity index (χ0v) is 19.6. The molecular weight excluding hydrogens is 384 g/mol. The van der Waals surface area contributed by atoms with Crippen molar-refractivity contribution in [1.82, 2.24) is 0 Å². The predicted molar refractivity (Wildman–Crippen MR) is 133 cm³/mol. The average Bonchev–Trinajstić information content (AvgIpc) is 3.28. The number of thiophene rings is 1. The molecule has 0 N–H and O–H groups in total. The molecular formula is C28H40OS. The number of Topliss-reactive ketones (excluding diaryl/α,β-unsaturated/α-hetero) is 1. The van der Waals surface area contributed by atoms with Crippen LogP contribution in [-0.4, -0.2) is 5.78 Å². The molecule has 0 aliphatic rings. The van der Waals surface area contributed by atoms with Gasteiger partial charge in [-0.05, 0) is 41.8 Å². The Hall–Kier alpha value is -1.67. The first-order valence-electron chi connectivity index (χ1n) is 12.0. The van der Waals surface area contributed by atoms with Gasteiger partial charge in [-0.1, -0.05) is 107 Å². The van der Waals surface area contributed by atoms with Crippen molar-refractivity contribution in [2.45, 2.75) is 96.3 Å². The van der Waals surface area contributed by atoms with Crippen LogP contribution in [0.15, 0.2) is 48.4 Å². The molecule has 1 heterocycles. The van der Waals surface area contributed by atoms with Crippen LogP contribution in [0.1, 0.15) is 99.5 Å². The molecule has 0 aliphatic carbocycles. The van der Waals surface area contributed by atoms with Crippen LogP contribution in [-0.2, 0) is 17.6 Å². The van der Waals surface area contributed by atoms with Crippen LogP contribution in [0.2, 0.25) is 0 Å². The van der Waals surface area contributed by atoms with Crippen molar-refractivity contribution < 1.29 is 4.79 Å². The van der Waals surface area contributed by atoms with Crippen LogP contribution in [0.25, 0.3) is 6.08 Å². The lowest BCUT2D eigenvalue weighted by Crippen LogP contribution is -2.02. The van der Waals surface area contributed by atoms with E-state index in [1.165, 1.54) is 81.9 Å². The Balaban J connectivity index is 1.32. The fourth-order valence-electron chi connectivity index (χ4n) is 3.93. The van der Waals surface area contributed by atoms with Crippen molar-refractivity contribution in [3.05, 3.63) is 64.4 Å². The van der Waals surface area contributed by atoms with E-state index in [4.69, 9.17) is 0 Å². The fourth-order valence-corrected chi connectivity index (χ4v) is 4.68. The van der Waals surface area contributed by atoms with E-state index >= 15 is 0 Å². The molecule has 1 aromatic heterocycles. The van der Waals surface area contributed by atoms with Gasteiger partial charge in [0.1, 0.15) is 5.78 Å². The van der Waals surface area contributed by atoms with Crippen molar-refractivity contribution in [2.75, 3.05) is 0 Å². The lowest BCUT2D eigenvalue weighted by atomic mass is 10.0. The van der Waals surface area contributed by atoms with Crippen LogP contribution < -0.4 is 0 Å². The highest BCUT2D eigenvalue weighted by atomic mass is 32.1. The van der Waals surface area contributed by atoms with E-state index in [0.717, 1.165) is 24.0 Å². The number of benzene rings is 1. The minimum absolute atomic E-state index is 0.372. The van der Waals surface area contributed by atoms with Gasteiger partial charge in [0, 0.05) is 17.7 Å². The van der Waals surface area contributed by atoms with Gasteiger partial charge in [0.2, 0.25) is 0 Å². The van der Waals surface area contributed by atoms with E-state index in [9.17, 15) is 4.79 Å². The minimum Gasteiger partial charge on any atom is -0.299 e. The maximum absolute atomic E-state index is 12.1. The van der Waals surface area contributed by atoms with Crippen molar-refractivity contribution in [3.63, 3.8) is 0 Å². The summed E-state index contributed by atoms with van der Waals surface area (Å²) in [4.78, 5) is 13.6. The number of rotatable bonds is 18. The monoisotopic (exact) mass is 424 g/mol. The van der Waals surface area contributed by atoms with Crippen LogP contribution in [0.5, 0.6) is 0 Å². The molecule has 0 radical (unpaired) electrons. The van der Waals surface area contributed by atoms with Gasteiger partial charge in [-0.15, -0.1) is 11.3 Å². The summed E-state index contributed by atoms with van der Waals surface area (Å²) in [7, 11) is 0. The molecule has 2 aromatic rings. The number of carbonyl (C=O) groups excluding carboxylic acids is 1. The van der Waals surface area contributed by atoms with Gasteiger partial charge in [0.25, 0.3) is 0 Å². The second kappa shape index (κ2) is 16.1. The maximum atomic E-state index is 12.1. The van der Waals surface area contributed by atoms with Gasteiger partial charge >= 0.3 is 0 Å². The molecule has 0 unspecified atom stereocenters. The van der Waals surface area contributed by atoms with E-state index in [0.29, 0.717) is 12.2 Å². The van der Waals surface area contributed by atoms with Crippen LogP contribution >= 0.6 is 11.3 Å². The molecule has 30 heavy (non-hydrogen) atoms. The average molecular weight is 425 g/mol. The number of unbranched alkanes of at least 4 members (excludes halogenated alkanes) is 11. The van der Waals surface area contributed by atoms with Gasteiger partial charge in [0.15, 0.2) is 0 Å². The van der Waals surface area contributed by atoms with Crippen molar-refractivity contribution in [1.29, 1.82) is 0 Å². The molecule has 0 fully saturated rings. The molecule has 0 amide bonds. The summed E-state index contributed by atoms with van der Waals surface area (Å²) < 4.78 is 0. The van der Waals surface area contributed by atoms with E-state index in [1.807, 2.05) is 41.7 Å². The summed E-state index contributed by atoms with van der Waals surface area (Å²) in [5, 5.41) is 2.18. The molecule has 0 aliphatic heterocycles. The SMILES string of the molecule is C=Cc1ccc(CC(=O)CCCCCCCCCCCCCCc2cccs2)cc1. The molecule has 1 aromatic carbocycles. The minimum atomic E-state index is 0.372. The van der Waals surface area contributed by atoms with Crippen LogP contribution in [0.3, 0.4) is 0 Å². The third-order valence-electron chi connectivity index (χ3n) is 5.83. The fraction of sp³-hybridized carbons (Fsp3) is 0.536. The number of ketones is 1. The maximum Gasteiger partial charge on any atom is 0.137 e. The summed E-state index contributed by atoms with van der Waals surface area (Å²) in [6.07, 6.45) is 20.4. The number of hydrogen-bond acceptors (Lipinski definition) is 2. The lowest BCUT2D eigenvalue weighted by Gasteiger charge is -2.04. The van der Waals surface area contributed by atoms with Gasteiger partial charge in [-0.3, -0.25) is 4.79 Å². The normalized spacial score (nSPS) is 10.9. The van der Waals surface area contributed by atoms with Crippen molar-refractivity contribution in [2.24, 2.45) is 0 Å². The molecule has 0 bridgehead atoms. The molecule has 1 nitrogen and oxygen atoms in total. The zero-order valence-electron chi connectivity index (χ0n) is 18.7. The Bertz CT molecular complexity index is 684. The summed E-state index contributed by atoms with van der Waals surface area (Å²) >= 11 is 1.89. The quantitative estimate of drug-likeness (QED) is 0.218. The molecule has 2 rings (SSSR count). The highest BCUT2D eigenvalue weighted by Crippen LogP contribution is 2.16. The lowest BCUT2D eigenvalue weighted by molar-refractivity contribution is -0.118. The second-order valence-corrected chi connectivity index (χ2v) is 9.52. The van der Waals surface area contributed by atoms with E-state index in [2.05, 4.69) is 24.1 Å². The van der Waals surface area contributed by atoms with Crippen molar-refractivity contribution in [3.8, 4) is 0 Å². The van der Waals surface area contributed by atoms with Crippen LogP contribution in [0, 0.1) is 0 Å². The summed E-state index contributed by atoms with van der Waals surface area (Å²) in [6.45, 7) is 3.76. The topological polar surface area (TPSA) is 17.1 Å². The summed E-state index contributed by atoms with van der Waals surface area (Å²) in [5.74, 6) is 0.372. The molecule has 164 valence electrons. The van der Waals surface area contributed by atoms with Gasteiger partial charge in [-0.2, -0.15) is 0 Å². The summed E-state index contributed by atoms with van der Waals surface area (Å²) in [6, 6.07) is 12.6. The zero-order chi connectivity index (χ0) is 21.3. The van der Waals surface area contributed by atoms with Crippen molar-refractivity contribution >= 4 is 23.2 Å². The first kappa shape index (κ1) is 24.6. The van der Waals surface area contributed by atoms with Gasteiger partial charge < -0.3 is 0 Å². The molecule has 0 atom stereocenters. The molecule has 0 saturated carbocycles.